The maximum atomic E-state index is 12.4. The topological polar surface area (TPSA) is 59.6 Å². The van der Waals surface area contributed by atoms with E-state index in [2.05, 4.69) is 39.4 Å². The van der Waals surface area contributed by atoms with E-state index in [0.717, 1.165) is 13.0 Å². The number of amides is 1. The van der Waals surface area contributed by atoms with E-state index < -0.39 is 0 Å². The molecule has 1 amide bonds. The Morgan fingerprint density at radius 1 is 1.42 bits per heavy atom. The van der Waals surface area contributed by atoms with Crippen LogP contribution in [0.2, 0.25) is 0 Å². The highest BCUT2D eigenvalue weighted by molar-refractivity contribution is 7.10. The average molecular weight is 360 g/mol. The van der Waals surface area contributed by atoms with Crippen molar-refractivity contribution in [3.05, 3.63) is 56.1 Å². The van der Waals surface area contributed by atoms with E-state index in [4.69, 9.17) is 4.52 Å². The Hall–Kier alpha value is -1.96. The first kappa shape index (κ1) is 15.6. The third-order valence-corrected chi connectivity index (χ3v) is 6.22. The van der Waals surface area contributed by atoms with E-state index in [1.807, 2.05) is 18.3 Å². The fourth-order valence-electron chi connectivity index (χ4n) is 3.27. The predicted octanol–water partition coefficient (Wildman–Crippen LogP) is 2.28. The van der Waals surface area contributed by atoms with Crippen molar-refractivity contribution in [1.29, 1.82) is 0 Å². The largest absolute Gasteiger partial charge is 0.360 e. The van der Waals surface area contributed by atoms with Gasteiger partial charge in [-0.3, -0.25) is 4.79 Å². The summed E-state index contributed by atoms with van der Waals surface area (Å²) in [6.07, 6.45) is 1.03. The van der Waals surface area contributed by atoms with Gasteiger partial charge in [-0.05, 0) is 29.8 Å². The first-order valence-corrected chi connectivity index (χ1v) is 9.64. The molecule has 1 unspecified atom stereocenters. The maximum Gasteiger partial charge on any atom is 0.280 e. The molecule has 0 fully saturated rings. The van der Waals surface area contributed by atoms with Gasteiger partial charge in [0.15, 0.2) is 12.4 Å². The Bertz CT molecular complexity index is 838. The normalized spacial score (nSPS) is 19.9. The lowest BCUT2D eigenvalue weighted by Crippen LogP contribution is -3.14. The number of nitrogens with one attached hydrogen (secondary N) is 2. The first-order chi connectivity index (χ1) is 11.7. The maximum absolute atomic E-state index is 12.4. The van der Waals surface area contributed by atoms with E-state index in [1.165, 1.54) is 20.2 Å². The second kappa shape index (κ2) is 6.51. The minimum absolute atomic E-state index is 0.0291. The zero-order valence-electron chi connectivity index (χ0n) is 13.2. The summed E-state index contributed by atoms with van der Waals surface area (Å²) in [5, 5.41) is 10.9. The molecule has 0 spiro atoms. The number of quaternary nitrogens is 1. The van der Waals surface area contributed by atoms with Gasteiger partial charge < -0.3 is 14.7 Å². The summed E-state index contributed by atoms with van der Waals surface area (Å²) in [6, 6.07) is 8.43. The summed E-state index contributed by atoms with van der Waals surface area (Å²) in [6.45, 7) is 3.19. The molecule has 0 aliphatic carbocycles. The van der Waals surface area contributed by atoms with Gasteiger partial charge in [0.05, 0.1) is 11.4 Å². The van der Waals surface area contributed by atoms with Gasteiger partial charge in [-0.1, -0.05) is 11.2 Å². The summed E-state index contributed by atoms with van der Waals surface area (Å²) in [5.41, 5.74) is 1.37. The van der Waals surface area contributed by atoms with E-state index in [0.29, 0.717) is 18.1 Å². The van der Waals surface area contributed by atoms with Crippen molar-refractivity contribution >= 4 is 34.4 Å². The number of aryl methyl sites for hydroxylation is 1. The quantitative estimate of drug-likeness (QED) is 0.750. The van der Waals surface area contributed by atoms with Crippen LogP contribution in [0, 0.1) is 6.92 Å². The number of fused-ring (bicyclic) bond motifs is 1. The van der Waals surface area contributed by atoms with Gasteiger partial charge in [-0.25, -0.2) is 0 Å². The Labute approximate surface area is 147 Å². The minimum Gasteiger partial charge on any atom is -0.360 e. The van der Waals surface area contributed by atoms with E-state index in [1.54, 1.807) is 17.4 Å². The molecule has 24 heavy (non-hydrogen) atoms. The van der Waals surface area contributed by atoms with Gasteiger partial charge in [0, 0.05) is 22.9 Å². The van der Waals surface area contributed by atoms with Gasteiger partial charge >= 0.3 is 0 Å². The monoisotopic (exact) mass is 360 g/mol. The van der Waals surface area contributed by atoms with Crippen molar-refractivity contribution in [2.24, 2.45) is 0 Å². The molecule has 2 N–H and O–H groups in total. The highest BCUT2D eigenvalue weighted by Crippen LogP contribution is 2.31. The molecule has 0 saturated heterocycles. The number of thiophene rings is 2. The Morgan fingerprint density at radius 3 is 3.08 bits per heavy atom. The van der Waals surface area contributed by atoms with Crippen molar-refractivity contribution in [2.75, 3.05) is 18.4 Å². The number of carbonyl (C=O) groups excluding carboxylic acids is 1. The number of aromatic nitrogens is 1. The van der Waals surface area contributed by atoms with Gasteiger partial charge in [-0.15, -0.1) is 22.7 Å². The van der Waals surface area contributed by atoms with Crippen LogP contribution in [0.4, 0.5) is 5.82 Å². The zero-order valence-corrected chi connectivity index (χ0v) is 14.9. The molecule has 0 bridgehead atoms. The van der Waals surface area contributed by atoms with Crippen molar-refractivity contribution in [2.45, 2.75) is 19.4 Å². The van der Waals surface area contributed by atoms with Crippen LogP contribution in [0.3, 0.4) is 0 Å². The van der Waals surface area contributed by atoms with E-state index in [-0.39, 0.29) is 11.9 Å². The number of anilines is 1. The van der Waals surface area contributed by atoms with Gasteiger partial charge in [0.25, 0.3) is 5.91 Å². The number of hydrogen-bond donors (Lipinski definition) is 2. The standard InChI is InChI=1S/C17H17N3O2S2/c1-11-9-15(19-22-11)18-16(21)10-20-6-4-13-12(5-8-24-13)17(20)14-3-2-7-23-14/h2-3,5,7-9,17H,4,6,10H2,1H3,(H,18,19,21)/p+1/t17-/m1/s1. The number of carbonyl (C=O) groups is 1. The van der Waals surface area contributed by atoms with Crippen LogP contribution in [0.1, 0.15) is 27.1 Å². The first-order valence-electron chi connectivity index (χ1n) is 7.88. The molecule has 0 radical (unpaired) electrons. The van der Waals surface area contributed by atoms with E-state index >= 15 is 0 Å². The lowest BCUT2D eigenvalue weighted by atomic mass is 9.98. The van der Waals surface area contributed by atoms with E-state index in [9.17, 15) is 4.79 Å². The molecule has 0 saturated carbocycles. The number of nitrogens with zero attached hydrogens (tertiary/aromatic N) is 1. The zero-order chi connectivity index (χ0) is 16.5. The Morgan fingerprint density at radius 2 is 2.33 bits per heavy atom. The molecule has 5 nitrogen and oxygen atoms in total. The van der Waals surface area contributed by atoms with Crippen LogP contribution in [0.25, 0.3) is 0 Å². The molecule has 124 valence electrons. The third-order valence-electron chi connectivity index (χ3n) is 4.28. The van der Waals surface area contributed by atoms with Crippen molar-refractivity contribution in [3.63, 3.8) is 0 Å². The predicted molar refractivity (Wildman–Crippen MR) is 94.8 cm³/mol. The summed E-state index contributed by atoms with van der Waals surface area (Å²) in [5.74, 6) is 1.14. The summed E-state index contributed by atoms with van der Waals surface area (Å²) in [4.78, 5) is 16.5. The second-order valence-electron chi connectivity index (χ2n) is 5.95. The Kier molecular flexibility index (Phi) is 4.22. The SMILES string of the molecule is Cc1cc(NC(=O)C[NH+]2CCc3sccc3[C@@H]2c2cccs2)no1. The smallest absolute Gasteiger partial charge is 0.280 e. The van der Waals surface area contributed by atoms with Gasteiger partial charge in [-0.2, -0.15) is 0 Å². The summed E-state index contributed by atoms with van der Waals surface area (Å²) in [7, 11) is 0. The highest BCUT2D eigenvalue weighted by Gasteiger charge is 2.35. The molecule has 2 atom stereocenters. The molecule has 0 aromatic carbocycles. The lowest BCUT2D eigenvalue weighted by Gasteiger charge is -2.31. The van der Waals surface area contributed by atoms with Crippen LogP contribution in [-0.4, -0.2) is 24.2 Å². The van der Waals surface area contributed by atoms with Crippen LogP contribution < -0.4 is 10.2 Å². The lowest BCUT2D eigenvalue weighted by molar-refractivity contribution is -0.919. The van der Waals surface area contributed by atoms with Crippen molar-refractivity contribution in [1.82, 2.24) is 5.16 Å². The average Bonchev–Trinajstić information content (AvgIpc) is 3.28. The molecule has 4 heterocycles. The van der Waals surface area contributed by atoms with Crippen molar-refractivity contribution in [3.8, 4) is 0 Å². The summed E-state index contributed by atoms with van der Waals surface area (Å²) < 4.78 is 5.00. The molecule has 4 rings (SSSR count). The molecule has 3 aromatic rings. The fraction of sp³-hybridized carbons (Fsp3) is 0.294. The highest BCUT2D eigenvalue weighted by atomic mass is 32.1. The molecular weight excluding hydrogens is 342 g/mol. The molecular formula is C17H18N3O2S2+. The summed E-state index contributed by atoms with van der Waals surface area (Å²) >= 11 is 3.58. The van der Waals surface area contributed by atoms with Gasteiger partial charge in [0.2, 0.25) is 0 Å². The Balaban J connectivity index is 1.54. The molecule has 3 aromatic heterocycles. The number of rotatable bonds is 4. The van der Waals surface area contributed by atoms with Crippen LogP contribution in [0.15, 0.2) is 39.5 Å². The van der Waals surface area contributed by atoms with Crippen molar-refractivity contribution < 1.29 is 14.2 Å². The van der Waals surface area contributed by atoms with Crippen LogP contribution >= 0.6 is 22.7 Å². The molecule has 7 heteroatoms. The fourth-order valence-corrected chi connectivity index (χ4v) is 5.09. The number of hydrogen-bond acceptors (Lipinski definition) is 5. The van der Waals surface area contributed by atoms with Crippen LogP contribution in [0.5, 0.6) is 0 Å². The van der Waals surface area contributed by atoms with Crippen LogP contribution in [-0.2, 0) is 11.2 Å². The molecule has 1 aliphatic heterocycles. The van der Waals surface area contributed by atoms with Gasteiger partial charge in [0.1, 0.15) is 11.8 Å². The molecule has 1 aliphatic rings. The minimum atomic E-state index is -0.0291. The third kappa shape index (κ3) is 3.02. The second-order valence-corrected chi connectivity index (χ2v) is 7.93.